The van der Waals surface area contributed by atoms with Crippen molar-refractivity contribution >= 4 is 11.0 Å². The van der Waals surface area contributed by atoms with Gasteiger partial charge in [0.25, 0.3) is 0 Å². The molecule has 0 radical (unpaired) electrons. The van der Waals surface area contributed by atoms with Crippen molar-refractivity contribution in [3.05, 3.63) is 193 Å². The first kappa shape index (κ1) is 37.3. The van der Waals surface area contributed by atoms with Crippen molar-refractivity contribution < 1.29 is 0 Å². The molecule has 7 aromatic carbocycles. The standard InChI is InChI=1S/C53H40N8/c1-34(2)39-23-15-25-41(29-39)53-56-46-27-13-14-28-47(46)61(53)45-26-16-24-40(33-45)42-30-43(51-55-35(3)54-48(57-51)36-17-7-4-8-18-36)32-44(31-42)52-59-49(37-19-9-5-10-20-37)58-50(60-52)38-21-11-6-12-22-38/h4-34H,1-3H3. The van der Waals surface area contributed by atoms with Crippen LogP contribution in [0, 0.1) is 6.92 Å². The van der Waals surface area contributed by atoms with Crippen molar-refractivity contribution in [1.29, 1.82) is 0 Å². The number of hydrogen-bond donors (Lipinski definition) is 0. The third-order valence-corrected chi connectivity index (χ3v) is 10.7. The van der Waals surface area contributed by atoms with Crippen molar-refractivity contribution in [3.63, 3.8) is 0 Å². The molecule has 10 aromatic rings. The van der Waals surface area contributed by atoms with Gasteiger partial charge in [-0.15, -0.1) is 0 Å². The lowest BCUT2D eigenvalue weighted by atomic mass is 9.98. The van der Waals surface area contributed by atoms with Crippen LogP contribution in [0.25, 0.3) is 96.2 Å². The molecule has 3 aromatic heterocycles. The molecule has 0 aliphatic carbocycles. The summed E-state index contributed by atoms with van der Waals surface area (Å²) in [6, 6.07) is 62.0. The van der Waals surface area contributed by atoms with E-state index in [0.29, 0.717) is 40.9 Å². The number of benzene rings is 7. The zero-order valence-electron chi connectivity index (χ0n) is 34.0. The number of aryl methyl sites for hydroxylation is 1. The molecular formula is C53H40N8. The van der Waals surface area contributed by atoms with E-state index in [1.165, 1.54) is 5.56 Å². The number of aromatic nitrogens is 8. The van der Waals surface area contributed by atoms with Crippen molar-refractivity contribution in [2.75, 3.05) is 0 Å². The minimum absolute atomic E-state index is 0.386. The maximum absolute atomic E-state index is 5.20. The second kappa shape index (κ2) is 16.0. The Bertz CT molecular complexity index is 3120. The van der Waals surface area contributed by atoms with Crippen LogP contribution in [-0.2, 0) is 0 Å². The Labute approximate surface area is 354 Å². The Morgan fingerprint density at radius 2 is 0.820 bits per heavy atom. The first-order valence-corrected chi connectivity index (χ1v) is 20.4. The van der Waals surface area contributed by atoms with Gasteiger partial charge in [0.15, 0.2) is 29.1 Å². The fraction of sp³-hybridized carbons (Fsp3) is 0.0755. The van der Waals surface area contributed by atoms with E-state index in [9.17, 15) is 0 Å². The van der Waals surface area contributed by atoms with Gasteiger partial charge in [-0.05, 0) is 78.1 Å². The molecule has 8 heteroatoms. The summed E-state index contributed by atoms with van der Waals surface area (Å²) in [6.45, 7) is 6.34. The fourth-order valence-electron chi connectivity index (χ4n) is 7.66. The number of imidazole rings is 1. The number of rotatable bonds is 9. The minimum atomic E-state index is 0.386. The molecule has 0 saturated carbocycles. The second-order valence-electron chi connectivity index (χ2n) is 15.3. The lowest BCUT2D eigenvalue weighted by molar-refractivity contribution is 0.866. The van der Waals surface area contributed by atoms with Crippen LogP contribution in [0.4, 0.5) is 0 Å². The van der Waals surface area contributed by atoms with E-state index in [2.05, 4.69) is 103 Å². The molecule has 292 valence electrons. The van der Waals surface area contributed by atoms with E-state index in [1.54, 1.807) is 0 Å². The average Bonchev–Trinajstić information content (AvgIpc) is 3.72. The van der Waals surface area contributed by atoms with E-state index in [1.807, 2.05) is 104 Å². The Morgan fingerprint density at radius 3 is 1.41 bits per heavy atom. The predicted octanol–water partition coefficient (Wildman–Crippen LogP) is 12.5. The molecule has 0 saturated heterocycles. The maximum atomic E-state index is 5.20. The minimum Gasteiger partial charge on any atom is -0.292 e. The van der Waals surface area contributed by atoms with E-state index in [-0.39, 0.29) is 0 Å². The Hall–Kier alpha value is -7.97. The van der Waals surface area contributed by atoms with Gasteiger partial charge in [-0.3, -0.25) is 4.57 Å². The largest absolute Gasteiger partial charge is 0.292 e. The van der Waals surface area contributed by atoms with Crippen LogP contribution < -0.4 is 0 Å². The third kappa shape index (κ3) is 7.59. The molecule has 0 amide bonds. The van der Waals surface area contributed by atoms with Crippen LogP contribution in [0.1, 0.15) is 31.2 Å². The zero-order chi connectivity index (χ0) is 41.3. The summed E-state index contributed by atoms with van der Waals surface area (Å²) in [5, 5.41) is 0. The predicted molar refractivity (Wildman–Crippen MR) is 245 cm³/mol. The molecule has 0 aliphatic heterocycles. The topological polar surface area (TPSA) is 95.2 Å². The highest BCUT2D eigenvalue weighted by atomic mass is 15.1. The molecule has 0 fully saturated rings. The molecule has 0 spiro atoms. The summed E-state index contributed by atoms with van der Waals surface area (Å²) < 4.78 is 2.26. The Morgan fingerprint density at radius 1 is 0.361 bits per heavy atom. The molecule has 3 heterocycles. The van der Waals surface area contributed by atoms with Gasteiger partial charge in [-0.2, -0.15) is 0 Å². The monoisotopic (exact) mass is 788 g/mol. The molecule has 0 N–H and O–H groups in total. The molecule has 0 aliphatic rings. The summed E-state index contributed by atoms with van der Waals surface area (Å²) >= 11 is 0. The molecule has 0 atom stereocenters. The van der Waals surface area contributed by atoms with E-state index < -0.39 is 0 Å². The number of hydrogen-bond acceptors (Lipinski definition) is 7. The van der Waals surface area contributed by atoms with Gasteiger partial charge in [0.2, 0.25) is 0 Å². The van der Waals surface area contributed by atoms with Gasteiger partial charge in [-0.25, -0.2) is 34.9 Å². The number of fused-ring (bicyclic) bond motifs is 1. The van der Waals surface area contributed by atoms with E-state index in [0.717, 1.165) is 67.1 Å². The molecular weight excluding hydrogens is 749 g/mol. The highest BCUT2D eigenvalue weighted by Gasteiger charge is 2.19. The zero-order valence-corrected chi connectivity index (χ0v) is 34.0. The Balaban J connectivity index is 1.18. The highest BCUT2D eigenvalue weighted by Crippen LogP contribution is 2.36. The molecule has 61 heavy (non-hydrogen) atoms. The van der Waals surface area contributed by atoms with E-state index in [4.69, 9.17) is 34.9 Å². The van der Waals surface area contributed by atoms with Gasteiger partial charge < -0.3 is 0 Å². The van der Waals surface area contributed by atoms with Crippen LogP contribution in [0.3, 0.4) is 0 Å². The Kier molecular flexibility index (Phi) is 9.78. The smallest absolute Gasteiger partial charge is 0.164 e. The maximum Gasteiger partial charge on any atom is 0.164 e. The summed E-state index contributed by atoms with van der Waals surface area (Å²) in [6.07, 6.45) is 0. The lowest BCUT2D eigenvalue weighted by Gasteiger charge is -2.15. The van der Waals surface area contributed by atoms with Crippen LogP contribution in [0.5, 0.6) is 0 Å². The SMILES string of the molecule is Cc1nc(-c2ccccc2)nc(-c2cc(-c3cccc(-n4c(-c5cccc(C(C)C)c5)nc5ccccc54)c3)cc(-c3nc(-c4ccccc4)nc(-c4ccccc4)n3)c2)n1. The van der Waals surface area contributed by atoms with Gasteiger partial charge in [0.1, 0.15) is 11.6 Å². The summed E-state index contributed by atoms with van der Waals surface area (Å²) in [5.41, 5.74) is 11.5. The average molecular weight is 789 g/mol. The quantitative estimate of drug-likeness (QED) is 0.144. The van der Waals surface area contributed by atoms with Crippen LogP contribution >= 0.6 is 0 Å². The normalized spacial score (nSPS) is 11.3. The number of para-hydroxylation sites is 2. The van der Waals surface area contributed by atoms with Crippen LogP contribution in [-0.4, -0.2) is 39.5 Å². The van der Waals surface area contributed by atoms with Crippen molar-refractivity contribution in [1.82, 2.24) is 39.5 Å². The molecule has 0 bridgehead atoms. The van der Waals surface area contributed by atoms with Gasteiger partial charge in [0, 0.05) is 39.1 Å². The summed E-state index contributed by atoms with van der Waals surface area (Å²) in [4.78, 5) is 35.1. The summed E-state index contributed by atoms with van der Waals surface area (Å²) in [7, 11) is 0. The third-order valence-electron chi connectivity index (χ3n) is 10.7. The molecule has 8 nitrogen and oxygen atoms in total. The van der Waals surface area contributed by atoms with Gasteiger partial charge >= 0.3 is 0 Å². The van der Waals surface area contributed by atoms with Crippen molar-refractivity contribution in [2.24, 2.45) is 0 Å². The van der Waals surface area contributed by atoms with Gasteiger partial charge in [-0.1, -0.05) is 147 Å². The number of nitrogens with zero attached hydrogens (tertiary/aromatic N) is 8. The first-order chi connectivity index (χ1) is 29.9. The molecule has 10 rings (SSSR count). The van der Waals surface area contributed by atoms with Crippen molar-refractivity contribution in [3.8, 4) is 85.1 Å². The van der Waals surface area contributed by atoms with Gasteiger partial charge in [0.05, 0.1) is 11.0 Å². The summed E-state index contributed by atoms with van der Waals surface area (Å²) in [5.74, 6) is 4.76. The van der Waals surface area contributed by atoms with Crippen molar-refractivity contribution in [2.45, 2.75) is 26.7 Å². The van der Waals surface area contributed by atoms with E-state index >= 15 is 0 Å². The second-order valence-corrected chi connectivity index (χ2v) is 15.3. The lowest BCUT2D eigenvalue weighted by Crippen LogP contribution is -2.02. The molecule has 0 unspecified atom stereocenters. The fourth-order valence-corrected chi connectivity index (χ4v) is 7.66. The van der Waals surface area contributed by atoms with Crippen LogP contribution in [0.15, 0.2) is 182 Å². The highest BCUT2D eigenvalue weighted by molar-refractivity contribution is 5.85. The van der Waals surface area contributed by atoms with Crippen LogP contribution in [0.2, 0.25) is 0 Å². The first-order valence-electron chi connectivity index (χ1n) is 20.4.